The molecule has 0 radical (unpaired) electrons. The maximum absolute atomic E-state index is 13.9. The van der Waals surface area contributed by atoms with Crippen molar-refractivity contribution in [2.45, 2.75) is 12.8 Å². The Bertz CT molecular complexity index is 475. The lowest BCUT2D eigenvalue weighted by Gasteiger charge is -2.29. The highest BCUT2D eigenvalue weighted by Crippen LogP contribution is 2.29. The largest absolute Gasteiger partial charge is 0.488 e. The number of halogens is 1. The topological polar surface area (TPSA) is 50.5 Å². The van der Waals surface area contributed by atoms with Gasteiger partial charge in [-0.2, -0.15) is 0 Å². The fourth-order valence-electron chi connectivity index (χ4n) is 2.32. The van der Waals surface area contributed by atoms with Crippen molar-refractivity contribution in [2.75, 3.05) is 32.1 Å². The van der Waals surface area contributed by atoms with Gasteiger partial charge in [-0.1, -0.05) is 6.07 Å². The molecule has 1 aromatic rings. The quantitative estimate of drug-likeness (QED) is 0.835. The number of nitrogens with zero attached hydrogens (tertiary/aromatic N) is 1. The fourth-order valence-corrected chi connectivity index (χ4v) is 2.43. The van der Waals surface area contributed by atoms with Crippen molar-refractivity contribution in [1.82, 2.24) is 4.90 Å². The second-order valence-corrected chi connectivity index (χ2v) is 5.60. The van der Waals surface area contributed by atoms with Gasteiger partial charge in [0.05, 0.1) is 12.3 Å². The van der Waals surface area contributed by atoms with Gasteiger partial charge in [0.25, 0.3) is 0 Å². The highest BCUT2D eigenvalue weighted by molar-refractivity contribution is 7.80. The SMILES string of the molecule is CN1CCC(COc2c(F)cccc2NC(N)=S)CC1. The van der Waals surface area contributed by atoms with Crippen LogP contribution in [0.1, 0.15) is 12.8 Å². The third-order valence-corrected chi connectivity index (χ3v) is 3.63. The summed E-state index contributed by atoms with van der Waals surface area (Å²) in [5.74, 6) is 0.252. The highest BCUT2D eigenvalue weighted by Gasteiger charge is 2.19. The summed E-state index contributed by atoms with van der Waals surface area (Å²) in [5.41, 5.74) is 5.91. The van der Waals surface area contributed by atoms with Crippen LogP contribution in [0.15, 0.2) is 18.2 Å². The van der Waals surface area contributed by atoms with Crippen LogP contribution in [-0.4, -0.2) is 36.8 Å². The minimum Gasteiger partial charge on any atom is -0.488 e. The lowest BCUT2D eigenvalue weighted by atomic mass is 9.98. The number of hydrogen-bond donors (Lipinski definition) is 2. The molecule has 0 spiro atoms. The van der Waals surface area contributed by atoms with Crippen molar-refractivity contribution < 1.29 is 9.13 Å². The van der Waals surface area contributed by atoms with Gasteiger partial charge < -0.3 is 20.7 Å². The fraction of sp³-hybridized carbons (Fsp3) is 0.500. The molecule has 0 atom stereocenters. The molecule has 2 rings (SSSR count). The molecule has 0 aliphatic carbocycles. The number of benzene rings is 1. The van der Waals surface area contributed by atoms with E-state index in [0.717, 1.165) is 25.9 Å². The summed E-state index contributed by atoms with van der Waals surface area (Å²) < 4.78 is 19.5. The Morgan fingerprint density at radius 3 is 2.85 bits per heavy atom. The first-order chi connectivity index (χ1) is 9.56. The summed E-state index contributed by atoms with van der Waals surface area (Å²) in [4.78, 5) is 2.29. The van der Waals surface area contributed by atoms with E-state index in [1.807, 2.05) is 0 Å². The van der Waals surface area contributed by atoms with E-state index < -0.39 is 5.82 Å². The van der Waals surface area contributed by atoms with Crippen molar-refractivity contribution in [3.8, 4) is 5.75 Å². The molecule has 0 unspecified atom stereocenters. The standard InChI is InChI=1S/C14H20FN3OS/c1-18-7-5-10(6-8-18)9-19-13-11(15)3-2-4-12(13)17-14(16)20/h2-4,10H,5-9H2,1H3,(H3,16,17,20). The number of para-hydroxylation sites is 1. The molecule has 1 aliphatic rings. The summed E-state index contributed by atoms with van der Waals surface area (Å²) in [6.07, 6.45) is 2.14. The van der Waals surface area contributed by atoms with Gasteiger partial charge >= 0.3 is 0 Å². The molecule has 1 aromatic carbocycles. The van der Waals surface area contributed by atoms with E-state index in [2.05, 4.69) is 17.3 Å². The Morgan fingerprint density at radius 1 is 1.50 bits per heavy atom. The second-order valence-electron chi connectivity index (χ2n) is 5.16. The minimum absolute atomic E-state index is 0.0970. The highest BCUT2D eigenvalue weighted by atomic mass is 32.1. The molecule has 0 aromatic heterocycles. The summed E-state index contributed by atoms with van der Waals surface area (Å²) in [6.45, 7) is 2.63. The van der Waals surface area contributed by atoms with Gasteiger partial charge in [0.1, 0.15) is 0 Å². The van der Waals surface area contributed by atoms with Crippen LogP contribution < -0.4 is 15.8 Å². The molecule has 1 heterocycles. The number of nitrogens with one attached hydrogen (secondary N) is 1. The first-order valence-electron chi connectivity index (χ1n) is 6.72. The van der Waals surface area contributed by atoms with Gasteiger partial charge in [0, 0.05) is 0 Å². The van der Waals surface area contributed by atoms with Crippen molar-refractivity contribution >= 4 is 23.0 Å². The van der Waals surface area contributed by atoms with Gasteiger partial charge in [0.2, 0.25) is 0 Å². The molecule has 0 bridgehead atoms. The third kappa shape index (κ3) is 4.05. The average molecular weight is 297 g/mol. The summed E-state index contributed by atoms with van der Waals surface area (Å²) in [5, 5.41) is 2.84. The van der Waals surface area contributed by atoms with Crippen molar-refractivity contribution in [2.24, 2.45) is 11.7 Å². The normalized spacial score (nSPS) is 16.9. The van der Waals surface area contributed by atoms with Crippen LogP contribution in [0.25, 0.3) is 0 Å². The first kappa shape index (κ1) is 15.0. The number of hydrogen-bond acceptors (Lipinski definition) is 3. The van der Waals surface area contributed by atoms with Crippen molar-refractivity contribution in [3.05, 3.63) is 24.0 Å². The van der Waals surface area contributed by atoms with Crippen LogP contribution in [0.3, 0.4) is 0 Å². The van der Waals surface area contributed by atoms with E-state index in [1.165, 1.54) is 6.07 Å². The van der Waals surface area contributed by atoms with Crippen LogP contribution in [0.4, 0.5) is 10.1 Å². The predicted molar refractivity (Wildman–Crippen MR) is 82.5 cm³/mol. The van der Waals surface area contributed by atoms with Crippen molar-refractivity contribution in [3.63, 3.8) is 0 Å². The summed E-state index contributed by atoms with van der Waals surface area (Å²) in [7, 11) is 2.11. The Balaban J connectivity index is 1.99. The zero-order valence-electron chi connectivity index (χ0n) is 11.6. The lowest BCUT2D eigenvalue weighted by Crippen LogP contribution is -2.32. The van der Waals surface area contributed by atoms with Crippen LogP contribution in [-0.2, 0) is 0 Å². The number of thiocarbonyl (C=S) groups is 1. The predicted octanol–water partition coefficient (Wildman–Crippen LogP) is 2.20. The van der Waals surface area contributed by atoms with E-state index in [1.54, 1.807) is 12.1 Å². The van der Waals surface area contributed by atoms with Gasteiger partial charge in [-0.25, -0.2) is 4.39 Å². The van der Waals surface area contributed by atoms with Crippen molar-refractivity contribution in [1.29, 1.82) is 0 Å². The number of nitrogens with two attached hydrogens (primary N) is 1. The van der Waals surface area contributed by atoms with Crippen LogP contribution in [0.5, 0.6) is 5.75 Å². The van der Waals surface area contributed by atoms with E-state index >= 15 is 0 Å². The molecule has 1 fully saturated rings. The van der Waals surface area contributed by atoms with E-state index in [-0.39, 0.29) is 10.9 Å². The van der Waals surface area contributed by atoms with Gasteiger partial charge in [-0.15, -0.1) is 0 Å². The van der Waals surface area contributed by atoms with Crippen LogP contribution >= 0.6 is 12.2 Å². The second kappa shape index (κ2) is 6.85. The Morgan fingerprint density at radius 2 is 2.20 bits per heavy atom. The smallest absolute Gasteiger partial charge is 0.178 e. The summed E-state index contributed by atoms with van der Waals surface area (Å²) >= 11 is 4.79. The summed E-state index contributed by atoms with van der Waals surface area (Å²) in [6, 6.07) is 4.67. The zero-order chi connectivity index (χ0) is 14.5. The number of ether oxygens (including phenoxy) is 1. The monoisotopic (exact) mass is 297 g/mol. The number of rotatable bonds is 4. The maximum atomic E-state index is 13.9. The molecule has 4 nitrogen and oxygen atoms in total. The third-order valence-electron chi connectivity index (χ3n) is 3.53. The van der Waals surface area contributed by atoms with Crippen LogP contribution in [0.2, 0.25) is 0 Å². The molecule has 3 N–H and O–H groups in total. The zero-order valence-corrected chi connectivity index (χ0v) is 12.4. The van der Waals surface area contributed by atoms with Gasteiger partial charge in [0.15, 0.2) is 16.7 Å². The molecule has 1 saturated heterocycles. The number of anilines is 1. The number of likely N-dealkylation sites (tertiary alicyclic amines) is 1. The molecular weight excluding hydrogens is 277 g/mol. The molecule has 6 heteroatoms. The minimum atomic E-state index is -0.404. The van der Waals surface area contributed by atoms with Gasteiger partial charge in [-0.05, 0) is 63.2 Å². The van der Waals surface area contributed by atoms with E-state index in [9.17, 15) is 4.39 Å². The molecule has 1 aliphatic heterocycles. The first-order valence-corrected chi connectivity index (χ1v) is 7.13. The maximum Gasteiger partial charge on any atom is 0.178 e. The van der Waals surface area contributed by atoms with E-state index in [0.29, 0.717) is 18.2 Å². The van der Waals surface area contributed by atoms with Crippen LogP contribution in [0, 0.1) is 11.7 Å². The molecule has 0 amide bonds. The average Bonchev–Trinajstić information content (AvgIpc) is 2.39. The Hall–Kier alpha value is -1.40. The lowest BCUT2D eigenvalue weighted by molar-refractivity contribution is 0.157. The van der Waals surface area contributed by atoms with Gasteiger partial charge in [-0.3, -0.25) is 0 Å². The Kier molecular flexibility index (Phi) is 5.14. The molecular formula is C14H20FN3OS. The Labute approximate surface area is 124 Å². The molecule has 20 heavy (non-hydrogen) atoms. The van der Waals surface area contributed by atoms with E-state index in [4.69, 9.17) is 22.7 Å². The number of piperidine rings is 1. The molecule has 110 valence electrons. The molecule has 0 saturated carbocycles.